The first-order valence-electron chi connectivity index (χ1n) is 11.4. The molecule has 0 spiro atoms. The van der Waals surface area contributed by atoms with Crippen molar-refractivity contribution in [3.05, 3.63) is 0 Å². The molecule has 2 radical (unpaired) electrons. The molecule has 0 unspecified atom stereocenters. The van der Waals surface area contributed by atoms with E-state index in [4.69, 9.17) is 15.3 Å². The minimum Gasteiger partial charge on any atom is -0.480 e. The fourth-order valence-corrected chi connectivity index (χ4v) is 6.49. The summed E-state index contributed by atoms with van der Waals surface area (Å²) < 4.78 is 3.31. The van der Waals surface area contributed by atoms with Crippen LogP contribution in [0.4, 0.5) is 0 Å². The number of carboxylic acid groups (broad SMARTS) is 2. The fraction of sp³-hybridized carbons (Fsp3) is 0.909. The molecule has 0 rings (SSSR count). The first-order valence-corrected chi connectivity index (χ1v) is 15.5. The monoisotopic (exact) mass is 523 g/mol. The van der Waals surface area contributed by atoms with Crippen molar-refractivity contribution in [1.82, 2.24) is 4.90 Å². The Hall–Kier alpha value is -0.341. The van der Waals surface area contributed by atoms with Gasteiger partial charge < -0.3 is 15.3 Å². The van der Waals surface area contributed by atoms with Gasteiger partial charge in [0.1, 0.15) is 0 Å². The van der Waals surface area contributed by atoms with Crippen molar-refractivity contribution in [1.29, 1.82) is 0 Å². The molecule has 29 heavy (non-hydrogen) atoms. The number of carbonyl (C=O) groups is 2. The normalized spacial score (nSPS) is 10.6. The second kappa shape index (κ2) is 25.7. The molecule has 0 amide bonds. The van der Waals surface area contributed by atoms with Crippen molar-refractivity contribution in [3.63, 3.8) is 0 Å². The van der Waals surface area contributed by atoms with Gasteiger partial charge in [0, 0.05) is 6.54 Å². The van der Waals surface area contributed by atoms with Crippen molar-refractivity contribution >= 4 is 33.1 Å². The molecular weight excluding hydrogens is 477 g/mol. The minimum absolute atomic E-state index is 0.0542. The van der Waals surface area contributed by atoms with Gasteiger partial charge >= 0.3 is 133 Å². The Bertz CT molecular complexity index is 339. The summed E-state index contributed by atoms with van der Waals surface area (Å²) in [7, 11) is 0. The zero-order valence-corrected chi connectivity index (χ0v) is 21.7. The van der Waals surface area contributed by atoms with Crippen LogP contribution >= 0.6 is 0 Å². The van der Waals surface area contributed by atoms with Gasteiger partial charge in [-0.25, -0.2) is 0 Å². The summed E-state index contributed by atoms with van der Waals surface area (Å²) in [5, 5.41) is 25.0. The van der Waals surface area contributed by atoms with E-state index in [1.165, 1.54) is 64.2 Å². The van der Waals surface area contributed by atoms with Gasteiger partial charge in [-0.3, -0.25) is 14.5 Å². The number of hydrogen-bond acceptors (Lipinski definition) is 4. The summed E-state index contributed by atoms with van der Waals surface area (Å²) in [4.78, 5) is 21.4. The molecular formula is C22H45NO5Sn. The number of carboxylic acids is 2. The molecule has 0 heterocycles. The van der Waals surface area contributed by atoms with Gasteiger partial charge in [-0.05, 0) is 0 Å². The third-order valence-electron chi connectivity index (χ3n) is 4.55. The molecule has 0 aromatic carbocycles. The van der Waals surface area contributed by atoms with E-state index in [2.05, 4.69) is 13.8 Å². The maximum atomic E-state index is 10.1. The molecule has 0 saturated carbocycles. The van der Waals surface area contributed by atoms with Gasteiger partial charge in [-0.2, -0.15) is 0 Å². The zero-order valence-electron chi connectivity index (χ0n) is 18.8. The van der Waals surface area contributed by atoms with Crippen LogP contribution in [0.2, 0.25) is 8.87 Å². The molecule has 6 nitrogen and oxygen atoms in total. The molecule has 0 aliphatic heterocycles. The molecule has 0 fully saturated rings. The minimum atomic E-state index is -1.11. The molecule has 172 valence electrons. The largest absolute Gasteiger partial charge is 0.480 e. The van der Waals surface area contributed by atoms with Crippen molar-refractivity contribution in [2.24, 2.45) is 0 Å². The van der Waals surface area contributed by atoms with Crippen molar-refractivity contribution in [2.45, 2.75) is 99.8 Å². The number of aliphatic carboxylic acids is 2. The summed E-state index contributed by atoms with van der Waals surface area (Å²) >= 11 is 0.0736. The molecule has 0 aliphatic carbocycles. The summed E-state index contributed by atoms with van der Waals surface area (Å²) in [5.74, 6) is -2.21. The Morgan fingerprint density at radius 3 is 1.41 bits per heavy atom. The Morgan fingerprint density at radius 1 is 0.690 bits per heavy atom. The van der Waals surface area contributed by atoms with Gasteiger partial charge in [0.15, 0.2) is 0 Å². The van der Waals surface area contributed by atoms with Crippen LogP contribution in [0.3, 0.4) is 0 Å². The summed E-state index contributed by atoms with van der Waals surface area (Å²) in [6.07, 6.45) is 17.8. The van der Waals surface area contributed by atoms with Crippen molar-refractivity contribution in [2.75, 3.05) is 26.2 Å². The van der Waals surface area contributed by atoms with Crippen LogP contribution in [0.5, 0.6) is 0 Å². The molecule has 0 aliphatic rings. The van der Waals surface area contributed by atoms with Crippen LogP contribution in [-0.4, -0.2) is 79.5 Å². The number of rotatable bonds is 20. The van der Waals surface area contributed by atoms with Crippen LogP contribution < -0.4 is 0 Å². The second-order valence-electron chi connectivity index (χ2n) is 7.51. The van der Waals surface area contributed by atoms with Crippen LogP contribution in [0.25, 0.3) is 0 Å². The number of nitrogens with zero attached hydrogens (tertiary/aromatic N) is 1. The average molecular weight is 522 g/mol. The topological polar surface area (TPSA) is 98.1 Å². The Kier molecular flexibility index (Phi) is 27.3. The van der Waals surface area contributed by atoms with Gasteiger partial charge in [0.05, 0.1) is 19.7 Å². The Labute approximate surface area is 188 Å². The molecule has 0 saturated heterocycles. The number of aliphatic hydroxyl groups is 1. The predicted octanol–water partition coefficient (Wildman–Crippen LogP) is 4.70. The summed E-state index contributed by atoms with van der Waals surface area (Å²) in [6.45, 7) is 3.67. The first-order chi connectivity index (χ1) is 14.0. The molecule has 7 heteroatoms. The van der Waals surface area contributed by atoms with E-state index in [1.54, 1.807) is 21.7 Å². The predicted molar refractivity (Wildman–Crippen MR) is 121 cm³/mol. The Morgan fingerprint density at radius 2 is 1.07 bits per heavy atom. The maximum Gasteiger partial charge on any atom is 0.317 e. The van der Waals surface area contributed by atoms with E-state index < -0.39 is 11.9 Å². The quantitative estimate of drug-likeness (QED) is 0.159. The first kappa shape index (κ1) is 30.8. The van der Waals surface area contributed by atoms with Crippen molar-refractivity contribution in [3.8, 4) is 0 Å². The molecule has 0 aromatic heterocycles. The van der Waals surface area contributed by atoms with E-state index in [0.717, 1.165) is 4.90 Å². The fourth-order valence-electron chi connectivity index (χ4n) is 2.92. The Balaban J connectivity index is 0. The summed E-state index contributed by atoms with van der Waals surface area (Å²) in [5.41, 5.74) is 0. The standard InChI is InChI=1S/2C8H17.C6H11NO5.Sn/c2*1-3-5-7-8-6-4-2;8-2-1-7(3-5(9)10)4-6(11)12;/h2*1,3-8H2,2H3;8H,1-4H2,(H,9,10)(H,11,12);. The van der Waals surface area contributed by atoms with E-state index in [1.807, 2.05) is 0 Å². The molecule has 0 bridgehead atoms. The van der Waals surface area contributed by atoms with Crippen LogP contribution in [0, 0.1) is 0 Å². The van der Waals surface area contributed by atoms with E-state index in [9.17, 15) is 9.59 Å². The average Bonchev–Trinajstić information content (AvgIpc) is 2.65. The molecule has 0 aromatic rings. The third-order valence-corrected chi connectivity index (χ3v) is 8.58. The SMILES string of the molecule is CCCCCCC[CH2][Sn][CH2]CCCCCCC.O=C(O)CN(CCO)CC(=O)O. The van der Waals surface area contributed by atoms with Gasteiger partial charge in [-0.15, -0.1) is 0 Å². The van der Waals surface area contributed by atoms with Crippen molar-refractivity contribution < 1.29 is 24.9 Å². The summed E-state index contributed by atoms with van der Waals surface area (Å²) in [6, 6.07) is 0. The van der Waals surface area contributed by atoms with E-state index >= 15 is 0 Å². The van der Waals surface area contributed by atoms with Crippen LogP contribution in [0.15, 0.2) is 0 Å². The van der Waals surface area contributed by atoms with E-state index in [0.29, 0.717) is 0 Å². The van der Waals surface area contributed by atoms with Gasteiger partial charge in [-0.1, -0.05) is 0 Å². The van der Waals surface area contributed by atoms with Gasteiger partial charge in [0.2, 0.25) is 0 Å². The van der Waals surface area contributed by atoms with E-state index in [-0.39, 0.29) is 47.4 Å². The third kappa shape index (κ3) is 29.9. The second-order valence-corrected chi connectivity index (χ2v) is 11.8. The number of unbranched alkanes of at least 4 members (excludes halogenated alkanes) is 10. The number of hydrogen-bond donors (Lipinski definition) is 3. The van der Waals surface area contributed by atoms with Crippen LogP contribution in [0.1, 0.15) is 90.9 Å². The van der Waals surface area contributed by atoms with Gasteiger partial charge in [0.25, 0.3) is 0 Å². The molecule has 0 atom stereocenters. The maximum absolute atomic E-state index is 10.1. The van der Waals surface area contributed by atoms with Crippen LogP contribution in [-0.2, 0) is 9.59 Å². The molecule has 3 N–H and O–H groups in total. The smallest absolute Gasteiger partial charge is 0.317 e. The number of aliphatic hydroxyl groups excluding tert-OH is 1. The zero-order chi connectivity index (χ0) is 22.2.